The lowest BCUT2D eigenvalue weighted by Gasteiger charge is -2.22. The molecular weight excluding hydrogens is 350 g/mol. The molecule has 5 nitrogen and oxygen atoms in total. The van der Waals surface area contributed by atoms with Crippen LogP contribution in [0.4, 0.5) is 0 Å². The first kappa shape index (κ1) is 18.3. The number of nitrogens with zero attached hydrogens (tertiary/aromatic N) is 1. The highest BCUT2D eigenvalue weighted by molar-refractivity contribution is 5.99. The number of hydrogen-bond acceptors (Lipinski definition) is 2. The van der Waals surface area contributed by atoms with Gasteiger partial charge in [-0.15, -0.1) is 0 Å². The molecule has 0 aliphatic heterocycles. The Balaban J connectivity index is 1.59. The maximum atomic E-state index is 13.2. The summed E-state index contributed by atoms with van der Waals surface area (Å²) >= 11 is 0. The summed E-state index contributed by atoms with van der Waals surface area (Å²) < 4.78 is 0. The van der Waals surface area contributed by atoms with Crippen molar-refractivity contribution in [2.75, 3.05) is 7.05 Å². The number of aromatic amines is 1. The number of aromatic nitrogens is 1. The quantitative estimate of drug-likeness (QED) is 0.709. The van der Waals surface area contributed by atoms with E-state index in [1.54, 1.807) is 19.2 Å². The monoisotopic (exact) mass is 375 g/mol. The lowest BCUT2D eigenvalue weighted by molar-refractivity contribution is 0.0724. The molecule has 1 aliphatic rings. The van der Waals surface area contributed by atoms with Crippen molar-refractivity contribution >= 4 is 22.7 Å². The topological polar surface area (TPSA) is 65.2 Å². The van der Waals surface area contributed by atoms with Crippen molar-refractivity contribution in [3.05, 3.63) is 70.4 Å². The van der Waals surface area contributed by atoms with E-state index in [-0.39, 0.29) is 11.8 Å². The van der Waals surface area contributed by atoms with Gasteiger partial charge in [-0.3, -0.25) is 9.59 Å². The highest BCUT2D eigenvalue weighted by Crippen LogP contribution is 2.31. The fraction of sp³-hybridized carbons (Fsp3) is 0.304. The van der Waals surface area contributed by atoms with Crippen molar-refractivity contribution < 1.29 is 9.59 Å². The van der Waals surface area contributed by atoms with Crippen molar-refractivity contribution in [2.45, 2.75) is 39.3 Å². The molecule has 1 aromatic heterocycles. The summed E-state index contributed by atoms with van der Waals surface area (Å²) in [6, 6.07) is 13.9. The smallest absolute Gasteiger partial charge is 0.270 e. The number of amides is 2. The van der Waals surface area contributed by atoms with Gasteiger partial charge in [0.25, 0.3) is 11.8 Å². The third-order valence-electron chi connectivity index (χ3n) is 5.36. The van der Waals surface area contributed by atoms with Gasteiger partial charge in [-0.05, 0) is 67.6 Å². The van der Waals surface area contributed by atoms with Crippen LogP contribution in [0.1, 0.15) is 50.4 Å². The van der Waals surface area contributed by atoms with Gasteiger partial charge < -0.3 is 15.2 Å². The zero-order chi connectivity index (χ0) is 19.8. The van der Waals surface area contributed by atoms with E-state index in [2.05, 4.69) is 36.3 Å². The summed E-state index contributed by atoms with van der Waals surface area (Å²) in [6.45, 7) is 4.68. The SMILES string of the molecule is CNC(=O)c1ccc(CN(C(=O)c2cc3c(C)cc(C)cc3[nH]2)C2CC2)cc1. The standard InChI is InChI=1S/C23H25N3O2/c1-14-10-15(2)19-12-21(25-20(19)11-14)23(28)26(18-8-9-18)13-16-4-6-17(7-5-16)22(27)24-3/h4-7,10-12,18,25H,8-9,13H2,1-3H3,(H,24,27). The summed E-state index contributed by atoms with van der Waals surface area (Å²) in [5.74, 6) is -0.0726. The Kier molecular flexibility index (Phi) is 4.67. The molecule has 2 N–H and O–H groups in total. The molecule has 1 heterocycles. The molecule has 144 valence electrons. The summed E-state index contributed by atoms with van der Waals surface area (Å²) in [5, 5.41) is 3.72. The molecule has 1 fully saturated rings. The number of aryl methyl sites for hydroxylation is 2. The minimum atomic E-state index is -0.106. The van der Waals surface area contributed by atoms with E-state index >= 15 is 0 Å². The first-order valence-corrected chi connectivity index (χ1v) is 9.68. The Hall–Kier alpha value is -3.08. The molecule has 0 unspecified atom stereocenters. The fourth-order valence-electron chi connectivity index (χ4n) is 3.72. The van der Waals surface area contributed by atoms with Crippen LogP contribution < -0.4 is 5.32 Å². The number of fused-ring (bicyclic) bond motifs is 1. The Morgan fingerprint density at radius 1 is 1.11 bits per heavy atom. The predicted octanol–water partition coefficient (Wildman–Crippen LogP) is 3.95. The lowest BCUT2D eigenvalue weighted by Crippen LogP contribution is -2.32. The molecule has 1 aliphatic carbocycles. The van der Waals surface area contributed by atoms with E-state index in [0.29, 0.717) is 23.8 Å². The molecule has 3 aromatic rings. The molecule has 4 rings (SSSR count). The molecule has 1 saturated carbocycles. The Labute approximate surface area is 164 Å². The van der Waals surface area contributed by atoms with Gasteiger partial charge in [-0.2, -0.15) is 0 Å². The molecule has 2 amide bonds. The van der Waals surface area contributed by atoms with Crippen molar-refractivity contribution in [1.29, 1.82) is 0 Å². The molecule has 2 aromatic carbocycles. The van der Waals surface area contributed by atoms with Crippen LogP contribution in [-0.4, -0.2) is 34.8 Å². The number of hydrogen-bond donors (Lipinski definition) is 2. The van der Waals surface area contributed by atoms with E-state index in [0.717, 1.165) is 29.3 Å². The molecule has 28 heavy (non-hydrogen) atoms. The van der Waals surface area contributed by atoms with Crippen LogP contribution in [0.15, 0.2) is 42.5 Å². The normalized spacial score (nSPS) is 13.5. The van der Waals surface area contributed by atoms with Crippen LogP contribution in [0.3, 0.4) is 0 Å². The fourth-order valence-corrected chi connectivity index (χ4v) is 3.72. The van der Waals surface area contributed by atoms with Gasteiger partial charge in [0.2, 0.25) is 0 Å². The zero-order valence-corrected chi connectivity index (χ0v) is 16.5. The van der Waals surface area contributed by atoms with Crippen molar-refractivity contribution in [1.82, 2.24) is 15.2 Å². The number of rotatable bonds is 5. The molecule has 0 saturated heterocycles. The van der Waals surface area contributed by atoms with E-state index in [4.69, 9.17) is 0 Å². The molecule has 0 atom stereocenters. The Morgan fingerprint density at radius 2 is 1.82 bits per heavy atom. The number of H-pyrrole nitrogens is 1. The van der Waals surface area contributed by atoms with Crippen LogP contribution in [0.2, 0.25) is 0 Å². The molecule has 0 radical (unpaired) electrons. The van der Waals surface area contributed by atoms with Gasteiger partial charge in [-0.25, -0.2) is 0 Å². The van der Waals surface area contributed by atoms with Gasteiger partial charge in [0.15, 0.2) is 0 Å². The highest BCUT2D eigenvalue weighted by Gasteiger charge is 2.33. The second-order valence-electron chi connectivity index (χ2n) is 7.67. The van der Waals surface area contributed by atoms with Gasteiger partial charge in [0.1, 0.15) is 5.69 Å². The minimum absolute atomic E-state index is 0.0335. The van der Waals surface area contributed by atoms with E-state index < -0.39 is 0 Å². The number of carbonyl (C=O) groups excluding carboxylic acids is 2. The molecule has 5 heteroatoms. The molecule has 0 spiro atoms. The van der Waals surface area contributed by atoms with Crippen LogP contribution >= 0.6 is 0 Å². The third kappa shape index (κ3) is 3.52. The number of nitrogens with one attached hydrogen (secondary N) is 2. The first-order chi connectivity index (χ1) is 13.5. The van der Waals surface area contributed by atoms with Gasteiger partial charge in [0, 0.05) is 36.1 Å². The second kappa shape index (κ2) is 7.15. The molecule has 0 bridgehead atoms. The summed E-state index contributed by atoms with van der Waals surface area (Å²) in [4.78, 5) is 30.2. The van der Waals surface area contributed by atoms with E-state index in [1.807, 2.05) is 23.1 Å². The average molecular weight is 375 g/mol. The van der Waals surface area contributed by atoms with Gasteiger partial charge in [0.05, 0.1) is 0 Å². The minimum Gasteiger partial charge on any atom is -0.355 e. The Bertz CT molecular complexity index is 1050. The Morgan fingerprint density at radius 3 is 2.46 bits per heavy atom. The van der Waals surface area contributed by atoms with Crippen LogP contribution in [0.5, 0.6) is 0 Å². The lowest BCUT2D eigenvalue weighted by atomic mass is 10.1. The first-order valence-electron chi connectivity index (χ1n) is 9.68. The second-order valence-corrected chi connectivity index (χ2v) is 7.67. The highest BCUT2D eigenvalue weighted by atomic mass is 16.2. The van der Waals surface area contributed by atoms with Gasteiger partial charge in [-0.1, -0.05) is 18.2 Å². The van der Waals surface area contributed by atoms with Gasteiger partial charge >= 0.3 is 0 Å². The summed E-state index contributed by atoms with van der Waals surface area (Å²) in [6.07, 6.45) is 2.08. The average Bonchev–Trinajstić information content (AvgIpc) is 3.44. The van der Waals surface area contributed by atoms with Crippen molar-refractivity contribution in [3.8, 4) is 0 Å². The van der Waals surface area contributed by atoms with Crippen molar-refractivity contribution in [3.63, 3.8) is 0 Å². The summed E-state index contributed by atoms with van der Waals surface area (Å²) in [7, 11) is 1.62. The van der Waals surface area contributed by atoms with Crippen molar-refractivity contribution in [2.24, 2.45) is 0 Å². The third-order valence-corrected chi connectivity index (χ3v) is 5.36. The van der Waals surface area contributed by atoms with E-state index in [9.17, 15) is 9.59 Å². The number of carbonyl (C=O) groups is 2. The van der Waals surface area contributed by atoms with Crippen LogP contribution in [0.25, 0.3) is 10.9 Å². The maximum Gasteiger partial charge on any atom is 0.270 e. The van der Waals surface area contributed by atoms with Crippen LogP contribution in [0, 0.1) is 13.8 Å². The predicted molar refractivity (Wildman–Crippen MR) is 111 cm³/mol. The summed E-state index contributed by atoms with van der Waals surface area (Å²) in [5.41, 5.74) is 5.64. The van der Waals surface area contributed by atoms with Crippen LogP contribution in [-0.2, 0) is 6.54 Å². The zero-order valence-electron chi connectivity index (χ0n) is 16.5. The number of benzene rings is 2. The maximum absolute atomic E-state index is 13.2. The molecular formula is C23H25N3O2. The largest absolute Gasteiger partial charge is 0.355 e. The van der Waals surface area contributed by atoms with E-state index in [1.165, 1.54) is 11.1 Å².